The molecule has 1 aromatic heterocycles. The largest absolute Gasteiger partial charge is 0.338 e. The van der Waals surface area contributed by atoms with Gasteiger partial charge in [-0.1, -0.05) is 0 Å². The van der Waals surface area contributed by atoms with E-state index >= 15 is 0 Å². The van der Waals surface area contributed by atoms with Crippen LogP contribution >= 0.6 is 0 Å². The Kier molecular flexibility index (Phi) is 3.42. The van der Waals surface area contributed by atoms with E-state index in [0.29, 0.717) is 5.82 Å². The number of piperazine rings is 1. The van der Waals surface area contributed by atoms with E-state index in [4.69, 9.17) is 0 Å². The molecular formula is C11H19N5O. The smallest absolute Gasteiger partial charge is 0.247 e. The molecule has 0 radical (unpaired) electrons. The Labute approximate surface area is 101 Å². The number of hydrogen-bond donors (Lipinski definition) is 1. The van der Waals surface area contributed by atoms with Gasteiger partial charge in [0.25, 0.3) is 0 Å². The minimum atomic E-state index is -0.269. The molecule has 0 spiro atoms. The summed E-state index contributed by atoms with van der Waals surface area (Å²) in [5.74, 6) is 1.63. The average molecular weight is 237 g/mol. The average Bonchev–Trinajstić information content (AvgIpc) is 2.68. The molecule has 17 heavy (non-hydrogen) atoms. The van der Waals surface area contributed by atoms with Gasteiger partial charge in [-0.3, -0.25) is 4.79 Å². The Bertz CT molecular complexity index is 408. The van der Waals surface area contributed by atoms with Gasteiger partial charge in [0.05, 0.1) is 0 Å². The first-order valence-corrected chi connectivity index (χ1v) is 5.99. The van der Waals surface area contributed by atoms with Gasteiger partial charge in [-0.25, -0.2) is 9.67 Å². The Morgan fingerprint density at radius 2 is 2.00 bits per heavy atom. The van der Waals surface area contributed by atoms with E-state index < -0.39 is 0 Å². The van der Waals surface area contributed by atoms with Crippen LogP contribution < -0.4 is 5.32 Å². The van der Waals surface area contributed by atoms with Crippen LogP contribution in [0.3, 0.4) is 0 Å². The van der Waals surface area contributed by atoms with Crippen LogP contribution in [0.1, 0.15) is 24.6 Å². The summed E-state index contributed by atoms with van der Waals surface area (Å²) in [6.45, 7) is 8.88. The maximum Gasteiger partial charge on any atom is 0.247 e. The topological polar surface area (TPSA) is 63.1 Å². The van der Waals surface area contributed by atoms with Crippen LogP contribution in [0.15, 0.2) is 0 Å². The molecule has 94 valence electrons. The summed E-state index contributed by atoms with van der Waals surface area (Å²) in [6, 6.07) is -0.269. The normalized spacial score (nSPS) is 18.2. The summed E-state index contributed by atoms with van der Waals surface area (Å²) in [6.07, 6.45) is 0. The van der Waals surface area contributed by atoms with E-state index in [1.54, 1.807) is 4.68 Å². The van der Waals surface area contributed by atoms with Crippen LogP contribution in [0.5, 0.6) is 0 Å². The molecule has 0 aromatic carbocycles. The van der Waals surface area contributed by atoms with E-state index in [0.717, 1.165) is 32.0 Å². The highest BCUT2D eigenvalue weighted by Gasteiger charge is 2.25. The summed E-state index contributed by atoms with van der Waals surface area (Å²) < 4.78 is 1.71. The number of carbonyl (C=O) groups is 1. The third kappa shape index (κ3) is 2.46. The van der Waals surface area contributed by atoms with Crippen LogP contribution in [0.25, 0.3) is 0 Å². The van der Waals surface area contributed by atoms with Crippen molar-refractivity contribution in [2.75, 3.05) is 26.2 Å². The van der Waals surface area contributed by atoms with E-state index in [-0.39, 0.29) is 11.9 Å². The minimum Gasteiger partial charge on any atom is -0.338 e. The van der Waals surface area contributed by atoms with E-state index in [2.05, 4.69) is 15.4 Å². The Hall–Kier alpha value is -1.43. The number of amides is 1. The molecule has 2 rings (SSSR count). The molecule has 1 atom stereocenters. The van der Waals surface area contributed by atoms with Gasteiger partial charge in [0, 0.05) is 26.2 Å². The fraction of sp³-hybridized carbons (Fsp3) is 0.727. The predicted molar refractivity (Wildman–Crippen MR) is 63.7 cm³/mol. The van der Waals surface area contributed by atoms with Crippen molar-refractivity contribution >= 4 is 5.91 Å². The molecule has 1 fully saturated rings. The van der Waals surface area contributed by atoms with Crippen molar-refractivity contribution in [3.63, 3.8) is 0 Å². The number of hydrogen-bond acceptors (Lipinski definition) is 4. The standard InChI is InChI=1S/C11H19N5O/c1-8(16-10(3)13-9(2)14-16)11(17)15-6-4-12-5-7-15/h8,12H,4-7H2,1-3H3. The van der Waals surface area contributed by atoms with Gasteiger partial charge < -0.3 is 10.2 Å². The molecule has 1 amide bonds. The molecule has 0 saturated carbocycles. The second-order valence-corrected chi connectivity index (χ2v) is 4.40. The summed E-state index contributed by atoms with van der Waals surface area (Å²) in [7, 11) is 0. The lowest BCUT2D eigenvalue weighted by Crippen LogP contribution is -2.48. The van der Waals surface area contributed by atoms with Crippen LogP contribution in [-0.4, -0.2) is 51.8 Å². The molecular weight excluding hydrogens is 218 g/mol. The fourth-order valence-electron chi connectivity index (χ4n) is 2.16. The van der Waals surface area contributed by atoms with Crippen molar-refractivity contribution in [1.29, 1.82) is 0 Å². The zero-order chi connectivity index (χ0) is 12.4. The van der Waals surface area contributed by atoms with Gasteiger partial charge in [0.1, 0.15) is 17.7 Å². The summed E-state index contributed by atoms with van der Waals surface area (Å²) in [5, 5.41) is 7.50. The zero-order valence-corrected chi connectivity index (χ0v) is 10.6. The lowest BCUT2D eigenvalue weighted by molar-refractivity contribution is -0.135. The van der Waals surface area contributed by atoms with Crippen LogP contribution in [0.4, 0.5) is 0 Å². The van der Waals surface area contributed by atoms with E-state index in [9.17, 15) is 4.79 Å². The molecule has 0 bridgehead atoms. The predicted octanol–water partition coefficient (Wildman–Crippen LogP) is -0.112. The number of aromatic nitrogens is 3. The quantitative estimate of drug-likeness (QED) is 0.779. The Morgan fingerprint density at radius 3 is 2.53 bits per heavy atom. The third-order valence-electron chi connectivity index (χ3n) is 3.06. The molecule has 1 aromatic rings. The third-order valence-corrected chi connectivity index (χ3v) is 3.06. The molecule has 1 unspecified atom stereocenters. The highest BCUT2D eigenvalue weighted by Crippen LogP contribution is 2.12. The second-order valence-electron chi connectivity index (χ2n) is 4.40. The van der Waals surface area contributed by atoms with Gasteiger partial charge >= 0.3 is 0 Å². The number of nitrogens with zero attached hydrogens (tertiary/aromatic N) is 4. The molecule has 6 heteroatoms. The molecule has 1 aliphatic rings. The van der Waals surface area contributed by atoms with E-state index in [1.165, 1.54) is 0 Å². The van der Waals surface area contributed by atoms with Crippen molar-refractivity contribution in [3.05, 3.63) is 11.6 Å². The number of nitrogens with one attached hydrogen (secondary N) is 1. The minimum absolute atomic E-state index is 0.125. The van der Waals surface area contributed by atoms with Crippen LogP contribution in [0, 0.1) is 13.8 Å². The van der Waals surface area contributed by atoms with Crippen LogP contribution in [0.2, 0.25) is 0 Å². The maximum atomic E-state index is 12.3. The second kappa shape index (κ2) is 4.83. The van der Waals surface area contributed by atoms with Gasteiger partial charge in [-0.15, -0.1) is 0 Å². The lowest BCUT2D eigenvalue weighted by atomic mass is 10.2. The Balaban J connectivity index is 2.11. The van der Waals surface area contributed by atoms with Crippen molar-refractivity contribution in [2.24, 2.45) is 0 Å². The lowest BCUT2D eigenvalue weighted by Gasteiger charge is -2.29. The zero-order valence-electron chi connectivity index (χ0n) is 10.6. The van der Waals surface area contributed by atoms with Crippen molar-refractivity contribution in [2.45, 2.75) is 26.8 Å². The first-order chi connectivity index (χ1) is 8.09. The summed E-state index contributed by atoms with van der Waals surface area (Å²) in [4.78, 5) is 18.4. The van der Waals surface area contributed by atoms with Gasteiger partial charge in [0.2, 0.25) is 5.91 Å². The number of aryl methyl sites for hydroxylation is 2. The molecule has 2 heterocycles. The SMILES string of the molecule is Cc1nc(C)n(C(C)C(=O)N2CCNCC2)n1. The fourth-order valence-corrected chi connectivity index (χ4v) is 2.16. The summed E-state index contributed by atoms with van der Waals surface area (Å²) in [5.41, 5.74) is 0. The highest BCUT2D eigenvalue weighted by molar-refractivity contribution is 5.80. The Morgan fingerprint density at radius 1 is 1.35 bits per heavy atom. The van der Waals surface area contributed by atoms with E-state index in [1.807, 2.05) is 25.7 Å². The summed E-state index contributed by atoms with van der Waals surface area (Å²) >= 11 is 0. The molecule has 1 saturated heterocycles. The first-order valence-electron chi connectivity index (χ1n) is 5.99. The monoisotopic (exact) mass is 237 g/mol. The van der Waals surface area contributed by atoms with Crippen molar-refractivity contribution < 1.29 is 4.79 Å². The molecule has 1 N–H and O–H groups in total. The molecule has 0 aliphatic carbocycles. The number of rotatable bonds is 2. The first kappa shape index (κ1) is 12.0. The molecule has 6 nitrogen and oxygen atoms in total. The van der Waals surface area contributed by atoms with Crippen molar-refractivity contribution in [1.82, 2.24) is 25.0 Å². The van der Waals surface area contributed by atoms with Gasteiger partial charge in [-0.2, -0.15) is 5.10 Å². The maximum absolute atomic E-state index is 12.3. The van der Waals surface area contributed by atoms with Crippen molar-refractivity contribution in [3.8, 4) is 0 Å². The number of carbonyl (C=O) groups excluding carboxylic acids is 1. The highest BCUT2D eigenvalue weighted by atomic mass is 16.2. The van der Waals surface area contributed by atoms with Gasteiger partial charge in [-0.05, 0) is 20.8 Å². The molecule has 1 aliphatic heterocycles. The van der Waals surface area contributed by atoms with Gasteiger partial charge in [0.15, 0.2) is 0 Å². The van der Waals surface area contributed by atoms with Crippen LogP contribution in [-0.2, 0) is 4.79 Å².